The highest BCUT2D eigenvalue weighted by Gasteiger charge is 2.28. The second kappa shape index (κ2) is 8.12. The molecule has 1 aliphatic carbocycles. The monoisotopic (exact) mass is 342 g/mol. The molecule has 2 aromatic carbocycles. The Morgan fingerprint density at radius 1 is 1.24 bits per heavy atom. The van der Waals surface area contributed by atoms with Crippen LogP contribution < -0.4 is 5.32 Å². The SMILES string of the molecule is O=C(NCc1cccc(F)c1)N(CCO)C1CCCc2ccccc21. The molecule has 2 N–H and O–H groups in total. The smallest absolute Gasteiger partial charge is 0.318 e. The van der Waals surface area contributed by atoms with Crippen molar-refractivity contribution in [1.82, 2.24) is 10.2 Å². The maximum absolute atomic E-state index is 13.3. The molecule has 0 aliphatic heterocycles. The molecule has 0 heterocycles. The summed E-state index contributed by atoms with van der Waals surface area (Å²) in [5, 5.41) is 12.3. The first kappa shape index (κ1) is 17.4. The molecule has 0 fully saturated rings. The Bertz CT molecular complexity index is 735. The minimum absolute atomic E-state index is 0.0374. The second-order valence-electron chi connectivity index (χ2n) is 6.31. The lowest BCUT2D eigenvalue weighted by Gasteiger charge is -2.35. The van der Waals surface area contributed by atoms with Crippen LogP contribution in [0.15, 0.2) is 48.5 Å². The number of halogens is 1. The lowest BCUT2D eigenvalue weighted by Crippen LogP contribution is -2.44. The molecule has 0 radical (unpaired) electrons. The molecule has 1 atom stereocenters. The molecule has 25 heavy (non-hydrogen) atoms. The van der Waals surface area contributed by atoms with Crippen LogP contribution in [0.4, 0.5) is 9.18 Å². The number of carbonyl (C=O) groups is 1. The van der Waals surface area contributed by atoms with Crippen molar-refractivity contribution in [3.8, 4) is 0 Å². The van der Waals surface area contributed by atoms with Gasteiger partial charge in [0.15, 0.2) is 0 Å². The fraction of sp³-hybridized carbons (Fsp3) is 0.350. The molecular formula is C20H23FN2O2. The first-order valence-electron chi connectivity index (χ1n) is 8.66. The summed E-state index contributed by atoms with van der Waals surface area (Å²) >= 11 is 0. The van der Waals surface area contributed by atoms with E-state index in [9.17, 15) is 14.3 Å². The van der Waals surface area contributed by atoms with E-state index in [0.717, 1.165) is 24.8 Å². The van der Waals surface area contributed by atoms with Crippen molar-refractivity contribution in [1.29, 1.82) is 0 Å². The van der Waals surface area contributed by atoms with Gasteiger partial charge in [-0.1, -0.05) is 36.4 Å². The zero-order valence-corrected chi connectivity index (χ0v) is 14.1. The number of aryl methyl sites for hydroxylation is 1. The molecule has 0 aromatic heterocycles. The quantitative estimate of drug-likeness (QED) is 0.875. The number of urea groups is 1. The van der Waals surface area contributed by atoms with E-state index in [1.165, 1.54) is 17.7 Å². The van der Waals surface area contributed by atoms with Crippen molar-refractivity contribution in [2.45, 2.75) is 31.8 Å². The minimum Gasteiger partial charge on any atom is -0.395 e. The van der Waals surface area contributed by atoms with Crippen molar-refractivity contribution < 1.29 is 14.3 Å². The standard InChI is InChI=1S/C20H23FN2O2/c21-17-8-3-5-15(13-17)14-22-20(25)23(11-12-24)19-10-4-7-16-6-1-2-9-18(16)19/h1-3,5-6,8-9,13,19,24H,4,7,10-12,14H2,(H,22,25). The number of benzene rings is 2. The molecule has 1 aliphatic rings. The van der Waals surface area contributed by atoms with Gasteiger partial charge in [-0.3, -0.25) is 0 Å². The number of aliphatic hydroxyl groups is 1. The Kier molecular flexibility index (Phi) is 5.66. The Labute approximate surface area is 147 Å². The van der Waals surface area contributed by atoms with Gasteiger partial charge in [0.25, 0.3) is 0 Å². The van der Waals surface area contributed by atoms with Crippen LogP contribution in [0.2, 0.25) is 0 Å². The zero-order valence-electron chi connectivity index (χ0n) is 14.1. The number of aliphatic hydroxyl groups excluding tert-OH is 1. The van der Waals surface area contributed by atoms with Crippen LogP contribution in [0.25, 0.3) is 0 Å². The summed E-state index contributed by atoms with van der Waals surface area (Å²) in [5.41, 5.74) is 3.13. The number of amides is 2. The summed E-state index contributed by atoms with van der Waals surface area (Å²) < 4.78 is 13.3. The van der Waals surface area contributed by atoms with Gasteiger partial charge in [0, 0.05) is 13.1 Å². The molecule has 0 saturated carbocycles. The van der Waals surface area contributed by atoms with E-state index in [1.54, 1.807) is 17.0 Å². The molecule has 132 valence electrons. The van der Waals surface area contributed by atoms with E-state index in [1.807, 2.05) is 12.1 Å². The van der Waals surface area contributed by atoms with Crippen LogP contribution in [0.5, 0.6) is 0 Å². The van der Waals surface area contributed by atoms with E-state index >= 15 is 0 Å². The number of hydrogen-bond acceptors (Lipinski definition) is 2. The van der Waals surface area contributed by atoms with Crippen LogP contribution >= 0.6 is 0 Å². The van der Waals surface area contributed by atoms with E-state index in [2.05, 4.69) is 17.4 Å². The second-order valence-corrected chi connectivity index (χ2v) is 6.31. The highest BCUT2D eigenvalue weighted by atomic mass is 19.1. The van der Waals surface area contributed by atoms with E-state index in [4.69, 9.17) is 0 Å². The van der Waals surface area contributed by atoms with E-state index < -0.39 is 0 Å². The fourth-order valence-electron chi connectivity index (χ4n) is 3.48. The first-order valence-corrected chi connectivity index (χ1v) is 8.66. The fourth-order valence-corrected chi connectivity index (χ4v) is 3.48. The maximum atomic E-state index is 13.3. The van der Waals surface area contributed by atoms with Crippen LogP contribution in [0, 0.1) is 5.82 Å². The summed E-state index contributed by atoms with van der Waals surface area (Å²) in [6.45, 7) is 0.437. The molecule has 2 aromatic rings. The molecule has 0 bridgehead atoms. The van der Waals surface area contributed by atoms with E-state index in [-0.39, 0.29) is 37.6 Å². The third-order valence-electron chi connectivity index (χ3n) is 4.65. The van der Waals surface area contributed by atoms with Crippen molar-refractivity contribution in [2.24, 2.45) is 0 Å². The lowest BCUT2D eigenvalue weighted by molar-refractivity contribution is 0.144. The van der Waals surface area contributed by atoms with Crippen molar-refractivity contribution in [3.63, 3.8) is 0 Å². The van der Waals surface area contributed by atoms with Crippen LogP contribution in [-0.2, 0) is 13.0 Å². The summed E-state index contributed by atoms with van der Waals surface area (Å²) in [4.78, 5) is 14.4. The van der Waals surface area contributed by atoms with Gasteiger partial charge < -0.3 is 15.3 Å². The van der Waals surface area contributed by atoms with Crippen molar-refractivity contribution in [3.05, 3.63) is 71.0 Å². The highest BCUT2D eigenvalue weighted by Crippen LogP contribution is 2.34. The lowest BCUT2D eigenvalue weighted by atomic mass is 9.87. The summed E-state index contributed by atoms with van der Waals surface area (Å²) in [6, 6.07) is 14.1. The molecule has 5 heteroatoms. The number of hydrogen-bond donors (Lipinski definition) is 2. The highest BCUT2D eigenvalue weighted by molar-refractivity contribution is 5.75. The summed E-state index contributed by atoms with van der Waals surface area (Å²) in [6.07, 6.45) is 2.91. The number of nitrogens with zero attached hydrogens (tertiary/aromatic N) is 1. The minimum atomic E-state index is -0.319. The largest absolute Gasteiger partial charge is 0.395 e. The Morgan fingerprint density at radius 3 is 2.88 bits per heavy atom. The van der Waals surface area contributed by atoms with Crippen LogP contribution in [-0.4, -0.2) is 29.2 Å². The van der Waals surface area contributed by atoms with Crippen LogP contribution in [0.3, 0.4) is 0 Å². The van der Waals surface area contributed by atoms with E-state index in [0.29, 0.717) is 5.56 Å². The van der Waals surface area contributed by atoms with Gasteiger partial charge in [-0.15, -0.1) is 0 Å². The van der Waals surface area contributed by atoms with Crippen molar-refractivity contribution >= 4 is 6.03 Å². The van der Waals surface area contributed by atoms with Crippen LogP contribution in [0.1, 0.15) is 35.6 Å². The number of fused-ring (bicyclic) bond motifs is 1. The summed E-state index contributed by atoms with van der Waals surface area (Å²) in [7, 11) is 0. The first-order chi connectivity index (χ1) is 12.2. The van der Waals surface area contributed by atoms with Gasteiger partial charge in [-0.05, 0) is 48.1 Å². The predicted molar refractivity (Wildman–Crippen MR) is 94.5 cm³/mol. The number of nitrogens with one attached hydrogen (secondary N) is 1. The zero-order chi connectivity index (χ0) is 17.6. The molecule has 2 amide bonds. The van der Waals surface area contributed by atoms with Gasteiger partial charge in [-0.25, -0.2) is 9.18 Å². The summed E-state index contributed by atoms with van der Waals surface area (Å²) in [5.74, 6) is -0.319. The van der Waals surface area contributed by atoms with Gasteiger partial charge >= 0.3 is 6.03 Å². The van der Waals surface area contributed by atoms with Gasteiger partial charge in [0.05, 0.1) is 12.6 Å². The Balaban J connectivity index is 1.73. The Hall–Kier alpha value is -2.40. The molecule has 4 nitrogen and oxygen atoms in total. The Morgan fingerprint density at radius 2 is 2.08 bits per heavy atom. The normalized spacial score (nSPS) is 16.2. The number of carbonyl (C=O) groups excluding carboxylic acids is 1. The molecule has 0 spiro atoms. The topological polar surface area (TPSA) is 52.6 Å². The molecular weight excluding hydrogens is 319 g/mol. The predicted octanol–water partition coefficient (Wildman–Crippen LogP) is 3.41. The molecule has 3 rings (SSSR count). The third kappa shape index (κ3) is 4.17. The number of rotatable bonds is 5. The van der Waals surface area contributed by atoms with Gasteiger partial charge in [0.1, 0.15) is 5.82 Å². The average molecular weight is 342 g/mol. The molecule has 1 unspecified atom stereocenters. The third-order valence-corrected chi connectivity index (χ3v) is 4.65. The molecule has 0 saturated heterocycles. The van der Waals surface area contributed by atoms with Gasteiger partial charge in [0.2, 0.25) is 0 Å². The maximum Gasteiger partial charge on any atom is 0.318 e. The van der Waals surface area contributed by atoms with Crippen molar-refractivity contribution in [2.75, 3.05) is 13.2 Å². The van der Waals surface area contributed by atoms with Gasteiger partial charge in [-0.2, -0.15) is 0 Å². The average Bonchev–Trinajstić information content (AvgIpc) is 2.64.